The van der Waals surface area contributed by atoms with Gasteiger partial charge in [0.25, 0.3) is 0 Å². The van der Waals surface area contributed by atoms with Gasteiger partial charge in [0.05, 0.1) is 10.4 Å². The summed E-state index contributed by atoms with van der Waals surface area (Å²) in [7, 11) is 0. The fraction of sp³-hybridized carbons (Fsp3) is 0.455. The lowest BCUT2D eigenvalue weighted by Crippen LogP contribution is -2.44. The van der Waals surface area contributed by atoms with E-state index in [0.717, 1.165) is 3.79 Å². The van der Waals surface area contributed by atoms with Crippen LogP contribution in [-0.4, -0.2) is 29.6 Å². The minimum atomic E-state index is -1.12. The summed E-state index contributed by atoms with van der Waals surface area (Å²) in [5.74, 6) is -1.05. The number of esters is 1. The van der Waals surface area contributed by atoms with Gasteiger partial charge in [-0.05, 0) is 35.0 Å². The third-order valence-electron chi connectivity index (χ3n) is 2.10. The highest BCUT2D eigenvalue weighted by atomic mass is 79.9. The fourth-order valence-electron chi connectivity index (χ4n) is 1.37. The molecule has 1 aromatic rings. The maximum atomic E-state index is 11.7. The molecule has 0 aromatic carbocycles. The Morgan fingerprint density at radius 1 is 1.56 bits per heavy atom. The molecule has 0 saturated heterocycles. The number of ether oxygens (including phenoxy) is 1. The summed E-state index contributed by atoms with van der Waals surface area (Å²) >= 11 is 4.57. The van der Waals surface area contributed by atoms with Crippen molar-refractivity contribution in [3.8, 4) is 0 Å². The van der Waals surface area contributed by atoms with E-state index in [9.17, 15) is 14.7 Å². The quantitative estimate of drug-likeness (QED) is 0.801. The summed E-state index contributed by atoms with van der Waals surface area (Å²) in [6.07, 6.45) is -1.12. The molecule has 5 nitrogen and oxygen atoms in total. The monoisotopic (exact) mass is 335 g/mol. The molecule has 0 bridgehead atoms. The summed E-state index contributed by atoms with van der Waals surface area (Å²) < 4.78 is 5.67. The maximum absolute atomic E-state index is 11.7. The molecule has 0 saturated carbocycles. The summed E-state index contributed by atoms with van der Waals surface area (Å²) in [5, 5.41) is 12.5. The summed E-state index contributed by atoms with van der Waals surface area (Å²) in [6, 6.07) is 2.36. The Kier molecular flexibility index (Phi) is 5.77. The zero-order valence-electron chi connectivity index (χ0n) is 9.97. The number of halogens is 1. The largest absolute Gasteiger partial charge is 0.464 e. The lowest BCUT2D eigenvalue weighted by Gasteiger charge is -2.20. The van der Waals surface area contributed by atoms with E-state index in [1.807, 2.05) is 0 Å². The molecule has 2 atom stereocenters. The number of nitrogens with one attached hydrogen (secondary N) is 1. The first-order valence-corrected chi connectivity index (χ1v) is 6.93. The molecule has 1 heterocycles. The number of carbonyl (C=O) groups excluding carboxylic acids is 2. The first-order chi connectivity index (χ1) is 8.45. The molecule has 7 heteroatoms. The number of hydrogen-bond acceptors (Lipinski definition) is 5. The molecule has 0 spiro atoms. The first-order valence-electron chi connectivity index (χ1n) is 5.32. The average molecular weight is 336 g/mol. The van der Waals surface area contributed by atoms with Crippen LogP contribution in [-0.2, 0) is 14.3 Å². The van der Waals surface area contributed by atoms with Crippen molar-refractivity contribution >= 4 is 39.1 Å². The summed E-state index contributed by atoms with van der Waals surface area (Å²) in [4.78, 5) is 23.3. The molecule has 2 N–H and O–H groups in total. The van der Waals surface area contributed by atoms with Crippen LogP contribution < -0.4 is 5.32 Å². The minimum Gasteiger partial charge on any atom is -0.464 e. The van der Waals surface area contributed by atoms with Gasteiger partial charge in [-0.2, -0.15) is 0 Å². The van der Waals surface area contributed by atoms with E-state index >= 15 is 0 Å². The molecule has 0 aliphatic heterocycles. The third kappa shape index (κ3) is 4.08. The van der Waals surface area contributed by atoms with E-state index in [-0.39, 0.29) is 6.61 Å². The molecule has 2 unspecified atom stereocenters. The molecule has 0 aliphatic carbocycles. The van der Waals surface area contributed by atoms with Gasteiger partial charge < -0.3 is 15.2 Å². The molecule has 1 rings (SSSR count). The molecule has 1 aromatic heterocycles. The first kappa shape index (κ1) is 15.1. The van der Waals surface area contributed by atoms with E-state index in [2.05, 4.69) is 21.2 Å². The lowest BCUT2D eigenvalue weighted by atomic mass is 10.1. The minimum absolute atomic E-state index is 0.190. The Bertz CT molecular complexity index is 434. The SMILES string of the molecule is CCOC(=O)C(NC(C)=O)C(O)c1ccc(Br)s1. The standard InChI is InChI=1S/C11H14BrNO4S/c1-3-17-11(16)9(13-6(2)14)10(15)7-4-5-8(12)18-7/h4-5,9-10,15H,3H2,1-2H3,(H,13,14). The number of amides is 1. The van der Waals surface area contributed by atoms with Crippen LogP contribution in [0.5, 0.6) is 0 Å². The second-order valence-electron chi connectivity index (χ2n) is 3.52. The summed E-state index contributed by atoms with van der Waals surface area (Å²) in [6.45, 7) is 3.13. The van der Waals surface area contributed by atoms with Gasteiger partial charge in [0.2, 0.25) is 5.91 Å². The molecular formula is C11H14BrNO4S. The van der Waals surface area contributed by atoms with Crippen LogP contribution >= 0.6 is 27.3 Å². The molecule has 0 radical (unpaired) electrons. The van der Waals surface area contributed by atoms with E-state index in [4.69, 9.17) is 4.74 Å². The zero-order chi connectivity index (χ0) is 13.7. The van der Waals surface area contributed by atoms with E-state index < -0.39 is 24.0 Å². The number of aliphatic hydroxyl groups excluding tert-OH is 1. The van der Waals surface area contributed by atoms with Crippen molar-refractivity contribution in [3.63, 3.8) is 0 Å². The van der Waals surface area contributed by atoms with Crippen LogP contribution in [0.15, 0.2) is 15.9 Å². The van der Waals surface area contributed by atoms with Crippen LogP contribution in [0, 0.1) is 0 Å². The number of carbonyl (C=O) groups is 2. The van der Waals surface area contributed by atoms with Gasteiger partial charge in [-0.3, -0.25) is 4.79 Å². The molecule has 18 heavy (non-hydrogen) atoms. The zero-order valence-corrected chi connectivity index (χ0v) is 12.4. The predicted octanol–water partition coefficient (Wildman–Crippen LogP) is 1.61. The average Bonchev–Trinajstić information content (AvgIpc) is 2.72. The van der Waals surface area contributed by atoms with Gasteiger partial charge >= 0.3 is 5.97 Å². The van der Waals surface area contributed by atoms with Gasteiger partial charge in [-0.1, -0.05) is 0 Å². The van der Waals surface area contributed by atoms with Crippen LogP contribution in [0.3, 0.4) is 0 Å². The van der Waals surface area contributed by atoms with E-state index in [1.54, 1.807) is 19.1 Å². The number of thiophene rings is 1. The van der Waals surface area contributed by atoms with Crippen LogP contribution in [0.25, 0.3) is 0 Å². The van der Waals surface area contributed by atoms with E-state index in [0.29, 0.717) is 4.88 Å². The highest BCUT2D eigenvalue weighted by Gasteiger charge is 2.31. The fourth-order valence-corrected chi connectivity index (χ4v) is 2.82. The number of hydrogen-bond donors (Lipinski definition) is 2. The molecule has 100 valence electrons. The Balaban J connectivity index is 2.87. The van der Waals surface area contributed by atoms with Crippen molar-refractivity contribution in [1.29, 1.82) is 0 Å². The van der Waals surface area contributed by atoms with Gasteiger partial charge in [-0.25, -0.2) is 4.79 Å². The molecular weight excluding hydrogens is 322 g/mol. The molecule has 1 amide bonds. The second-order valence-corrected chi connectivity index (χ2v) is 6.01. The topological polar surface area (TPSA) is 75.6 Å². The third-order valence-corrected chi connectivity index (χ3v) is 3.79. The van der Waals surface area contributed by atoms with Gasteiger partial charge in [0, 0.05) is 11.8 Å². The smallest absolute Gasteiger partial charge is 0.331 e. The highest BCUT2D eigenvalue weighted by molar-refractivity contribution is 9.11. The van der Waals surface area contributed by atoms with Gasteiger partial charge in [0.1, 0.15) is 6.10 Å². The lowest BCUT2D eigenvalue weighted by molar-refractivity contribution is -0.150. The van der Waals surface area contributed by atoms with Crippen molar-refractivity contribution in [2.75, 3.05) is 6.61 Å². The normalized spacial score (nSPS) is 13.8. The number of aliphatic hydroxyl groups is 1. The predicted molar refractivity (Wildman–Crippen MR) is 71.2 cm³/mol. The Morgan fingerprint density at radius 3 is 2.67 bits per heavy atom. The van der Waals surface area contributed by atoms with E-state index in [1.165, 1.54) is 18.3 Å². The van der Waals surface area contributed by atoms with Gasteiger partial charge in [-0.15, -0.1) is 11.3 Å². The van der Waals surface area contributed by atoms with Crippen LogP contribution in [0.4, 0.5) is 0 Å². The van der Waals surface area contributed by atoms with Crippen LogP contribution in [0.2, 0.25) is 0 Å². The Labute approximate surface area is 117 Å². The van der Waals surface area contributed by atoms with Gasteiger partial charge in [0.15, 0.2) is 6.04 Å². The highest BCUT2D eigenvalue weighted by Crippen LogP contribution is 2.29. The van der Waals surface area contributed by atoms with Crippen molar-refractivity contribution in [2.24, 2.45) is 0 Å². The van der Waals surface area contributed by atoms with Crippen molar-refractivity contribution < 1.29 is 19.4 Å². The van der Waals surface area contributed by atoms with Crippen LogP contribution in [0.1, 0.15) is 24.8 Å². The molecule has 0 aliphatic rings. The van der Waals surface area contributed by atoms with Crippen molar-refractivity contribution in [2.45, 2.75) is 26.0 Å². The summed E-state index contributed by atoms with van der Waals surface area (Å²) in [5.41, 5.74) is 0. The van der Waals surface area contributed by atoms with Crippen molar-refractivity contribution in [1.82, 2.24) is 5.32 Å². The van der Waals surface area contributed by atoms with Crippen molar-refractivity contribution in [3.05, 3.63) is 20.8 Å². The maximum Gasteiger partial charge on any atom is 0.331 e. The second kappa shape index (κ2) is 6.86. The Morgan fingerprint density at radius 2 is 2.22 bits per heavy atom. The number of rotatable bonds is 5. The molecule has 0 fully saturated rings. The Hall–Kier alpha value is -0.920.